The number of hydrogen-bond donors (Lipinski definition) is 3. The Balaban J connectivity index is 4.21. The van der Waals surface area contributed by atoms with Gasteiger partial charge in [0, 0.05) is 26.1 Å². The smallest absolute Gasteiger partial charge is 0.327 e. The molecule has 0 heterocycles. The minimum absolute atomic E-state index is 0.158. The Hall–Kier alpha value is -1.14. The second-order valence-corrected chi connectivity index (χ2v) is 4.29. The average molecular weight is 232 g/mol. The summed E-state index contributed by atoms with van der Waals surface area (Å²) in [6, 6.07) is -0.923. The Morgan fingerprint density at radius 2 is 2.00 bits per heavy atom. The van der Waals surface area contributed by atoms with Gasteiger partial charge in [0.05, 0.1) is 6.61 Å². The van der Waals surface area contributed by atoms with Gasteiger partial charge in [-0.1, -0.05) is 0 Å². The highest BCUT2D eigenvalue weighted by atomic mass is 16.5. The lowest BCUT2D eigenvalue weighted by molar-refractivity contribution is -0.141. The maximum Gasteiger partial charge on any atom is 0.327 e. The van der Waals surface area contributed by atoms with E-state index in [1.165, 1.54) is 6.92 Å². The molecule has 0 aromatic heterocycles. The Morgan fingerprint density at radius 3 is 2.38 bits per heavy atom. The zero-order valence-electron chi connectivity index (χ0n) is 10.2. The van der Waals surface area contributed by atoms with Gasteiger partial charge in [0.15, 0.2) is 0 Å². The molecule has 1 atom stereocenters. The number of hydrogen-bond acceptors (Lipinski definition) is 4. The summed E-state index contributed by atoms with van der Waals surface area (Å²) in [4.78, 5) is 21.6. The average Bonchev–Trinajstić information content (AvgIpc) is 2.11. The van der Waals surface area contributed by atoms with Gasteiger partial charge < -0.3 is 20.5 Å². The molecule has 94 valence electrons. The molecule has 0 radical (unpaired) electrons. The summed E-state index contributed by atoms with van der Waals surface area (Å²) in [5.41, 5.74) is -0.332. The molecule has 0 aliphatic rings. The monoisotopic (exact) mass is 232 g/mol. The van der Waals surface area contributed by atoms with Crippen LogP contribution in [0.4, 0.5) is 0 Å². The molecule has 0 spiro atoms. The van der Waals surface area contributed by atoms with E-state index in [9.17, 15) is 9.59 Å². The molecule has 0 saturated carbocycles. The van der Waals surface area contributed by atoms with Crippen molar-refractivity contribution >= 4 is 11.9 Å². The molecule has 0 aliphatic carbocycles. The van der Waals surface area contributed by atoms with Gasteiger partial charge in [-0.3, -0.25) is 4.79 Å². The van der Waals surface area contributed by atoms with Crippen molar-refractivity contribution in [2.24, 2.45) is 0 Å². The summed E-state index contributed by atoms with van der Waals surface area (Å²) in [7, 11) is 1.58. The summed E-state index contributed by atoms with van der Waals surface area (Å²) < 4.78 is 4.98. The Labute approximate surface area is 95.4 Å². The highest BCUT2D eigenvalue weighted by molar-refractivity contribution is 5.82. The van der Waals surface area contributed by atoms with Crippen LogP contribution in [-0.4, -0.2) is 48.8 Å². The summed E-state index contributed by atoms with van der Waals surface area (Å²) in [6.07, 6.45) is 0. The van der Waals surface area contributed by atoms with E-state index >= 15 is 0 Å². The van der Waals surface area contributed by atoms with E-state index in [2.05, 4.69) is 10.6 Å². The van der Waals surface area contributed by atoms with E-state index in [0.29, 0.717) is 6.61 Å². The Kier molecular flexibility index (Phi) is 5.98. The van der Waals surface area contributed by atoms with Crippen molar-refractivity contribution in [3.8, 4) is 0 Å². The number of carboxylic acid groups (broad SMARTS) is 1. The maximum absolute atomic E-state index is 10.8. The second kappa shape index (κ2) is 6.44. The molecule has 0 aromatic rings. The van der Waals surface area contributed by atoms with Gasteiger partial charge in [0.25, 0.3) is 0 Å². The molecular formula is C10H20N2O4. The number of carbonyl (C=O) groups excluding carboxylic acids is 1. The van der Waals surface area contributed by atoms with Crippen LogP contribution < -0.4 is 10.6 Å². The summed E-state index contributed by atoms with van der Waals surface area (Å²) in [6.45, 7) is 5.69. The number of carboxylic acids is 1. The molecule has 1 amide bonds. The van der Waals surface area contributed by atoms with Gasteiger partial charge in [-0.2, -0.15) is 0 Å². The number of carbonyl (C=O) groups is 2. The number of amides is 1. The first-order valence-corrected chi connectivity index (χ1v) is 5.02. The first-order chi connectivity index (χ1) is 7.28. The van der Waals surface area contributed by atoms with Crippen molar-refractivity contribution in [3.05, 3.63) is 0 Å². The third-order valence-corrected chi connectivity index (χ3v) is 1.97. The summed E-state index contributed by atoms with van der Waals surface area (Å²) in [5.74, 6) is -1.42. The zero-order valence-corrected chi connectivity index (χ0v) is 10.2. The van der Waals surface area contributed by atoms with Crippen LogP contribution in [0, 0.1) is 0 Å². The molecule has 0 rings (SSSR count). The van der Waals surface area contributed by atoms with Crippen LogP contribution >= 0.6 is 0 Å². The number of nitrogens with one attached hydrogen (secondary N) is 2. The molecule has 0 fully saturated rings. The van der Waals surface area contributed by atoms with Crippen LogP contribution in [-0.2, 0) is 14.3 Å². The van der Waals surface area contributed by atoms with Gasteiger partial charge >= 0.3 is 5.97 Å². The van der Waals surface area contributed by atoms with Crippen molar-refractivity contribution in [1.29, 1.82) is 0 Å². The van der Waals surface area contributed by atoms with E-state index < -0.39 is 12.0 Å². The third-order valence-electron chi connectivity index (χ3n) is 1.97. The van der Waals surface area contributed by atoms with E-state index in [0.717, 1.165) is 0 Å². The van der Waals surface area contributed by atoms with E-state index in [4.69, 9.17) is 9.84 Å². The van der Waals surface area contributed by atoms with E-state index in [1.54, 1.807) is 7.11 Å². The first kappa shape index (κ1) is 14.9. The zero-order chi connectivity index (χ0) is 12.8. The van der Waals surface area contributed by atoms with Crippen molar-refractivity contribution in [1.82, 2.24) is 10.6 Å². The SMILES string of the molecule is COCC(C)(C)NCC(NC(C)=O)C(=O)O. The topological polar surface area (TPSA) is 87.7 Å². The fraction of sp³-hybridized carbons (Fsp3) is 0.800. The third kappa shape index (κ3) is 6.36. The number of aliphatic carboxylic acids is 1. The highest BCUT2D eigenvalue weighted by Gasteiger charge is 2.23. The van der Waals surface area contributed by atoms with Crippen LogP contribution in [0.25, 0.3) is 0 Å². The predicted molar refractivity (Wildman–Crippen MR) is 59.2 cm³/mol. The van der Waals surface area contributed by atoms with Gasteiger partial charge in [-0.05, 0) is 13.8 Å². The van der Waals surface area contributed by atoms with Crippen LogP contribution in [0.2, 0.25) is 0 Å². The predicted octanol–water partition coefficient (Wildman–Crippen LogP) is -0.410. The van der Waals surface area contributed by atoms with Gasteiger partial charge in [0.1, 0.15) is 6.04 Å². The molecule has 6 heteroatoms. The van der Waals surface area contributed by atoms with Crippen molar-refractivity contribution in [2.45, 2.75) is 32.4 Å². The maximum atomic E-state index is 10.8. The van der Waals surface area contributed by atoms with Crippen LogP contribution in [0.3, 0.4) is 0 Å². The highest BCUT2D eigenvalue weighted by Crippen LogP contribution is 2.01. The Bertz CT molecular complexity index is 253. The fourth-order valence-electron chi connectivity index (χ4n) is 1.24. The first-order valence-electron chi connectivity index (χ1n) is 5.02. The van der Waals surface area contributed by atoms with Gasteiger partial charge in [0.2, 0.25) is 5.91 Å². The largest absolute Gasteiger partial charge is 0.480 e. The Morgan fingerprint density at radius 1 is 1.44 bits per heavy atom. The minimum Gasteiger partial charge on any atom is -0.480 e. The molecule has 0 bridgehead atoms. The minimum atomic E-state index is -1.06. The molecule has 0 saturated heterocycles. The molecule has 0 aromatic carbocycles. The molecule has 16 heavy (non-hydrogen) atoms. The summed E-state index contributed by atoms with van der Waals surface area (Å²) >= 11 is 0. The molecule has 0 aliphatic heterocycles. The lowest BCUT2D eigenvalue weighted by atomic mass is 10.1. The van der Waals surface area contributed by atoms with E-state index in [-0.39, 0.29) is 18.0 Å². The number of methoxy groups -OCH3 is 1. The van der Waals surface area contributed by atoms with Crippen molar-refractivity contribution in [2.75, 3.05) is 20.3 Å². The standard InChI is InChI=1S/C10H20N2O4/c1-7(13)12-8(9(14)15)5-11-10(2,3)6-16-4/h8,11H,5-6H2,1-4H3,(H,12,13)(H,14,15). The molecule has 6 nitrogen and oxygen atoms in total. The van der Waals surface area contributed by atoms with Crippen LogP contribution in [0.15, 0.2) is 0 Å². The number of rotatable bonds is 7. The van der Waals surface area contributed by atoms with Crippen LogP contribution in [0.5, 0.6) is 0 Å². The van der Waals surface area contributed by atoms with Crippen molar-refractivity contribution in [3.63, 3.8) is 0 Å². The summed E-state index contributed by atoms with van der Waals surface area (Å²) in [5, 5.41) is 14.2. The second-order valence-electron chi connectivity index (χ2n) is 4.29. The molecule has 3 N–H and O–H groups in total. The normalized spacial score (nSPS) is 13.2. The lowest BCUT2D eigenvalue weighted by Gasteiger charge is -2.27. The van der Waals surface area contributed by atoms with Crippen molar-refractivity contribution < 1.29 is 19.4 Å². The lowest BCUT2D eigenvalue weighted by Crippen LogP contribution is -2.53. The van der Waals surface area contributed by atoms with Gasteiger partial charge in [-0.15, -0.1) is 0 Å². The van der Waals surface area contributed by atoms with E-state index in [1.807, 2.05) is 13.8 Å². The van der Waals surface area contributed by atoms with Gasteiger partial charge in [-0.25, -0.2) is 4.79 Å². The fourth-order valence-corrected chi connectivity index (χ4v) is 1.24. The number of ether oxygens (including phenoxy) is 1. The quantitative estimate of drug-likeness (QED) is 0.555. The molecular weight excluding hydrogens is 212 g/mol. The van der Waals surface area contributed by atoms with Crippen LogP contribution in [0.1, 0.15) is 20.8 Å². The molecule has 1 unspecified atom stereocenters.